The fourth-order valence-corrected chi connectivity index (χ4v) is 6.95. The molecule has 5 nitrogen and oxygen atoms in total. The summed E-state index contributed by atoms with van der Waals surface area (Å²) < 4.78 is 13.2. The van der Waals surface area contributed by atoms with Gasteiger partial charge in [-0.15, -0.1) is 0 Å². The zero-order chi connectivity index (χ0) is 34.1. The summed E-state index contributed by atoms with van der Waals surface area (Å²) in [4.78, 5) is 4.83. The van der Waals surface area contributed by atoms with E-state index in [0.29, 0.717) is 0 Å². The van der Waals surface area contributed by atoms with Gasteiger partial charge in [-0.2, -0.15) is 0 Å². The smallest absolute Gasteiger partial charge is 0.269 e. The normalized spacial score (nSPS) is 12.0. The lowest BCUT2D eigenvalue weighted by Gasteiger charge is -2.20. The van der Waals surface area contributed by atoms with Crippen LogP contribution in [0.1, 0.15) is 65.5 Å². The molecule has 0 aliphatic carbocycles. The molecule has 0 saturated heterocycles. The predicted octanol–water partition coefficient (Wildman–Crippen LogP) is 10.3. The van der Waals surface area contributed by atoms with Crippen LogP contribution in [0.5, 0.6) is 11.5 Å². The molecule has 4 aromatic carbocycles. The average molecular weight is 633 g/mol. The Balaban J connectivity index is 1.29. The first-order valence-electron chi connectivity index (χ1n) is 16.7. The Labute approximate surface area is 284 Å². The lowest BCUT2D eigenvalue weighted by Crippen LogP contribution is -2.35. The minimum absolute atomic E-state index is 0.0126. The molecule has 0 saturated carbocycles. The van der Waals surface area contributed by atoms with Crippen LogP contribution in [0.15, 0.2) is 85.1 Å². The molecule has 7 aromatic rings. The molecule has 0 aliphatic rings. The van der Waals surface area contributed by atoms with Crippen molar-refractivity contribution in [2.45, 2.75) is 74.7 Å². The zero-order valence-electron chi connectivity index (χ0n) is 29.8. The average Bonchev–Trinajstić information content (AvgIpc) is 3.56. The van der Waals surface area contributed by atoms with E-state index in [1.807, 2.05) is 18.3 Å². The van der Waals surface area contributed by atoms with Gasteiger partial charge in [-0.25, -0.2) is 4.98 Å². The molecule has 242 valence electrons. The summed E-state index contributed by atoms with van der Waals surface area (Å²) in [5.41, 5.74) is 14.6. The number of benzene rings is 4. The molecule has 0 spiro atoms. The van der Waals surface area contributed by atoms with E-state index in [4.69, 9.17) is 9.72 Å². The number of aromatic nitrogens is 4. The third-order valence-corrected chi connectivity index (χ3v) is 10.4. The minimum Gasteiger partial charge on any atom is -0.458 e. The van der Waals surface area contributed by atoms with Crippen molar-refractivity contribution < 1.29 is 9.30 Å². The van der Waals surface area contributed by atoms with E-state index in [-0.39, 0.29) is 5.41 Å². The summed E-state index contributed by atoms with van der Waals surface area (Å²) >= 11 is 0. The van der Waals surface area contributed by atoms with Crippen LogP contribution in [0.2, 0.25) is 0 Å². The molecule has 3 aromatic heterocycles. The number of hydrogen-bond donors (Lipinski definition) is 0. The number of ether oxygens (including phenoxy) is 1. The van der Waals surface area contributed by atoms with Crippen molar-refractivity contribution in [1.82, 2.24) is 14.1 Å². The number of fused-ring (bicyclic) bond motifs is 3. The molecule has 3 heterocycles. The van der Waals surface area contributed by atoms with E-state index in [9.17, 15) is 0 Å². The second-order valence-electron chi connectivity index (χ2n) is 14.2. The van der Waals surface area contributed by atoms with Gasteiger partial charge < -0.3 is 4.74 Å². The largest absolute Gasteiger partial charge is 0.458 e. The molecule has 0 fully saturated rings. The Morgan fingerprint density at radius 2 is 1.33 bits per heavy atom. The summed E-state index contributed by atoms with van der Waals surface area (Å²) in [7, 11) is 0. The lowest BCUT2D eigenvalue weighted by molar-refractivity contribution is -0.607. The molecular formula is C43H44N4O. The molecule has 0 unspecified atom stereocenters. The van der Waals surface area contributed by atoms with Crippen molar-refractivity contribution in [1.29, 1.82) is 0 Å². The highest BCUT2D eigenvalue weighted by molar-refractivity contribution is 6.09. The molecule has 7 rings (SSSR count). The highest BCUT2D eigenvalue weighted by atomic mass is 16.5. The molecule has 0 bridgehead atoms. The number of nitrogens with zero attached hydrogens (tertiary/aromatic N) is 4. The minimum atomic E-state index is 0.0126. The fourth-order valence-electron chi connectivity index (χ4n) is 6.95. The third-order valence-electron chi connectivity index (χ3n) is 10.4. The maximum absolute atomic E-state index is 6.59. The summed E-state index contributed by atoms with van der Waals surface area (Å²) in [6.07, 6.45) is 5.59. The van der Waals surface area contributed by atoms with Crippen molar-refractivity contribution in [3.05, 3.63) is 136 Å². The number of imidazole rings is 1. The van der Waals surface area contributed by atoms with E-state index >= 15 is 0 Å². The Kier molecular flexibility index (Phi) is 7.54. The van der Waals surface area contributed by atoms with Crippen molar-refractivity contribution >= 4 is 21.8 Å². The van der Waals surface area contributed by atoms with Gasteiger partial charge in [0, 0.05) is 23.0 Å². The maximum Gasteiger partial charge on any atom is 0.269 e. The summed E-state index contributed by atoms with van der Waals surface area (Å²) in [6, 6.07) is 27.4. The van der Waals surface area contributed by atoms with Gasteiger partial charge in [-0.05, 0) is 136 Å². The van der Waals surface area contributed by atoms with Crippen molar-refractivity contribution in [2.24, 2.45) is 0 Å². The first-order valence-corrected chi connectivity index (χ1v) is 16.7. The van der Waals surface area contributed by atoms with Gasteiger partial charge >= 0.3 is 0 Å². The molecule has 0 N–H and O–H groups in total. The van der Waals surface area contributed by atoms with Gasteiger partial charge in [0.25, 0.3) is 6.33 Å². The first kappa shape index (κ1) is 31.4. The van der Waals surface area contributed by atoms with Crippen LogP contribution in [-0.2, 0) is 5.41 Å². The topological polar surface area (TPSA) is 35.9 Å². The summed E-state index contributed by atoms with van der Waals surface area (Å²) in [6.45, 7) is 22.1. The molecule has 0 aliphatic heterocycles. The van der Waals surface area contributed by atoms with Crippen LogP contribution in [0.3, 0.4) is 0 Å². The predicted molar refractivity (Wildman–Crippen MR) is 197 cm³/mol. The van der Waals surface area contributed by atoms with Crippen LogP contribution in [0, 0.1) is 54.8 Å². The molecular weight excluding hydrogens is 589 g/mol. The quantitative estimate of drug-likeness (QED) is 0.140. The van der Waals surface area contributed by atoms with E-state index in [2.05, 4.69) is 156 Å². The van der Waals surface area contributed by atoms with Gasteiger partial charge in [-0.1, -0.05) is 45.0 Å². The van der Waals surface area contributed by atoms with E-state index in [1.54, 1.807) is 0 Å². The summed E-state index contributed by atoms with van der Waals surface area (Å²) in [5.74, 6) is 2.44. The molecule has 0 radical (unpaired) electrons. The Morgan fingerprint density at radius 3 is 2.06 bits per heavy atom. The number of hydrogen-bond acceptors (Lipinski definition) is 2. The van der Waals surface area contributed by atoms with Gasteiger partial charge in [0.2, 0.25) is 0 Å². The number of para-hydroxylation sites is 1. The van der Waals surface area contributed by atoms with Crippen LogP contribution in [0.25, 0.3) is 39.0 Å². The van der Waals surface area contributed by atoms with Crippen LogP contribution in [0.4, 0.5) is 0 Å². The van der Waals surface area contributed by atoms with Crippen LogP contribution < -0.4 is 9.30 Å². The third kappa shape index (κ3) is 5.09. The number of rotatable bonds is 5. The molecule has 5 heteroatoms. The van der Waals surface area contributed by atoms with Crippen LogP contribution >= 0.6 is 0 Å². The van der Waals surface area contributed by atoms with E-state index in [1.165, 1.54) is 49.8 Å². The zero-order valence-corrected chi connectivity index (χ0v) is 29.8. The number of pyridine rings is 1. The Morgan fingerprint density at radius 1 is 0.667 bits per heavy atom. The molecule has 0 atom stereocenters. The lowest BCUT2D eigenvalue weighted by atomic mass is 9.88. The van der Waals surface area contributed by atoms with Crippen molar-refractivity contribution in [3.63, 3.8) is 0 Å². The SMILES string of the molecule is Cc1c(C)c(C)c(-[n+]2[c-]n(-c3cccc(Oc4ccc5c6ccccc6n(-c6cc(C(C)(C)C)ccn6)c5c4)c3)c(C)c2C)c(C)c1C. The van der Waals surface area contributed by atoms with Gasteiger partial charge in [-0.3, -0.25) is 13.7 Å². The fraction of sp³-hybridized carbons (Fsp3) is 0.256. The highest BCUT2D eigenvalue weighted by Crippen LogP contribution is 2.36. The van der Waals surface area contributed by atoms with Gasteiger partial charge in [0.1, 0.15) is 17.3 Å². The van der Waals surface area contributed by atoms with Crippen molar-refractivity contribution in [3.8, 4) is 28.7 Å². The Bertz CT molecular complexity index is 2350. The molecule has 48 heavy (non-hydrogen) atoms. The van der Waals surface area contributed by atoms with Crippen LogP contribution in [-0.4, -0.2) is 14.1 Å². The van der Waals surface area contributed by atoms with Gasteiger partial charge in [0.05, 0.1) is 33.8 Å². The maximum atomic E-state index is 6.59. The standard InChI is InChI=1S/C43H44N4O/c1-26-27(2)29(4)42(30(5)28(26)3)46-25-45(31(6)32(46)7)34-14-13-15-35(23-34)48-36-18-19-38-37-16-11-12-17-39(37)47(40(38)24-36)41-22-33(20-21-44-41)43(8,9)10/h11-24H,1-10H3. The Hall–Kier alpha value is -5.16. The van der Waals surface area contributed by atoms with Gasteiger partial charge in [0.15, 0.2) is 0 Å². The monoisotopic (exact) mass is 632 g/mol. The second kappa shape index (κ2) is 11.5. The van der Waals surface area contributed by atoms with Crippen molar-refractivity contribution in [2.75, 3.05) is 0 Å². The van der Waals surface area contributed by atoms with E-state index in [0.717, 1.165) is 45.4 Å². The summed E-state index contributed by atoms with van der Waals surface area (Å²) in [5, 5.41) is 2.36. The highest BCUT2D eigenvalue weighted by Gasteiger charge is 2.21. The van der Waals surface area contributed by atoms with E-state index < -0.39 is 0 Å². The first-order chi connectivity index (χ1) is 22.8. The second-order valence-corrected chi connectivity index (χ2v) is 14.2. The molecule has 0 amide bonds.